The first kappa shape index (κ1) is 15.4. The normalized spacial score (nSPS) is 11.8. The molecule has 0 saturated heterocycles. The summed E-state index contributed by atoms with van der Waals surface area (Å²) in [4.78, 5) is 11.9. The summed E-state index contributed by atoms with van der Waals surface area (Å²) in [5, 5.41) is 2.35. The minimum absolute atomic E-state index is 0.0901. The molecule has 0 bridgehead atoms. The molecule has 0 unspecified atom stereocenters. The van der Waals surface area contributed by atoms with E-state index in [1.54, 1.807) is 31.2 Å². The Morgan fingerprint density at radius 1 is 1.19 bits per heavy atom. The van der Waals surface area contributed by atoms with E-state index in [-0.39, 0.29) is 5.69 Å². The van der Waals surface area contributed by atoms with Gasteiger partial charge in [0.25, 0.3) is 5.91 Å². The van der Waals surface area contributed by atoms with E-state index in [2.05, 4.69) is 21.2 Å². The Labute approximate surface area is 129 Å². The van der Waals surface area contributed by atoms with E-state index in [9.17, 15) is 13.6 Å². The number of amides is 1. The van der Waals surface area contributed by atoms with Crippen LogP contribution in [0, 0.1) is 11.6 Å². The molecular formula is C15H12BrF2NO2. The van der Waals surface area contributed by atoms with Crippen molar-refractivity contribution in [3.63, 3.8) is 0 Å². The highest BCUT2D eigenvalue weighted by atomic mass is 79.9. The van der Waals surface area contributed by atoms with Crippen LogP contribution in [0.2, 0.25) is 0 Å². The van der Waals surface area contributed by atoms with Crippen molar-refractivity contribution < 1.29 is 18.3 Å². The zero-order chi connectivity index (χ0) is 15.4. The summed E-state index contributed by atoms with van der Waals surface area (Å²) in [5.41, 5.74) is -0.0901. The molecule has 0 fully saturated rings. The number of hydrogen-bond donors (Lipinski definition) is 1. The lowest BCUT2D eigenvalue weighted by atomic mass is 10.2. The summed E-state index contributed by atoms with van der Waals surface area (Å²) >= 11 is 3.29. The third kappa shape index (κ3) is 4.26. The summed E-state index contributed by atoms with van der Waals surface area (Å²) in [5.74, 6) is -1.55. The van der Waals surface area contributed by atoms with Crippen LogP contribution in [0.3, 0.4) is 0 Å². The van der Waals surface area contributed by atoms with Crippen LogP contribution in [0.1, 0.15) is 6.92 Å². The molecule has 0 aliphatic rings. The van der Waals surface area contributed by atoms with Gasteiger partial charge in [-0.05, 0) is 43.3 Å². The van der Waals surface area contributed by atoms with Crippen LogP contribution in [0.25, 0.3) is 0 Å². The number of carbonyl (C=O) groups is 1. The average Bonchev–Trinajstić information content (AvgIpc) is 2.44. The van der Waals surface area contributed by atoms with Gasteiger partial charge in [0, 0.05) is 10.5 Å². The second kappa shape index (κ2) is 6.67. The summed E-state index contributed by atoms with van der Waals surface area (Å²) in [6.07, 6.45) is -0.823. The molecule has 2 rings (SSSR count). The largest absolute Gasteiger partial charge is 0.481 e. The van der Waals surface area contributed by atoms with Crippen molar-refractivity contribution in [2.24, 2.45) is 0 Å². The number of carbonyl (C=O) groups excluding carboxylic acids is 1. The van der Waals surface area contributed by atoms with Crippen LogP contribution >= 0.6 is 15.9 Å². The summed E-state index contributed by atoms with van der Waals surface area (Å²) < 4.78 is 32.6. The number of halogens is 3. The molecule has 3 nitrogen and oxygen atoms in total. The summed E-state index contributed by atoms with van der Waals surface area (Å²) in [6, 6.07) is 9.89. The van der Waals surface area contributed by atoms with Crippen molar-refractivity contribution in [3.8, 4) is 5.75 Å². The van der Waals surface area contributed by atoms with Crippen molar-refractivity contribution in [3.05, 3.63) is 58.6 Å². The molecule has 0 aliphatic heterocycles. The van der Waals surface area contributed by atoms with E-state index in [1.165, 1.54) is 0 Å². The first-order valence-corrected chi connectivity index (χ1v) is 6.93. The van der Waals surface area contributed by atoms with Gasteiger partial charge >= 0.3 is 0 Å². The average molecular weight is 356 g/mol. The minimum atomic E-state index is -0.834. The topological polar surface area (TPSA) is 38.3 Å². The number of anilines is 1. The Hall–Kier alpha value is -1.95. The Morgan fingerprint density at radius 3 is 2.48 bits per heavy atom. The molecular weight excluding hydrogens is 344 g/mol. The molecule has 1 amide bonds. The second-order valence-corrected chi connectivity index (χ2v) is 5.24. The van der Waals surface area contributed by atoms with Crippen molar-refractivity contribution in [1.29, 1.82) is 0 Å². The molecule has 21 heavy (non-hydrogen) atoms. The zero-order valence-electron chi connectivity index (χ0n) is 11.1. The molecule has 0 heterocycles. The van der Waals surface area contributed by atoms with Crippen molar-refractivity contribution >= 4 is 27.5 Å². The van der Waals surface area contributed by atoms with Gasteiger partial charge in [-0.25, -0.2) is 8.78 Å². The van der Waals surface area contributed by atoms with Crippen LogP contribution in [0.5, 0.6) is 5.75 Å². The molecule has 2 aromatic carbocycles. The van der Waals surface area contributed by atoms with Crippen LogP contribution in [0.15, 0.2) is 46.9 Å². The number of hydrogen-bond acceptors (Lipinski definition) is 2. The van der Waals surface area contributed by atoms with Gasteiger partial charge in [0.1, 0.15) is 17.4 Å². The lowest BCUT2D eigenvalue weighted by Crippen LogP contribution is -2.30. The van der Waals surface area contributed by atoms with E-state index in [0.717, 1.165) is 16.6 Å². The minimum Gasteiger partial charge on any atom is -0.481 e. The maximum Gasteiger partial charge on any atom is 0.265 e. The Morgan fingerprint density at radius 2 is 1.86 bits per heavy atom. The maximum absolute atomic E-state index is 13.4. The van der Waals surface area contributed by atoms with Gasteiger partial charge in [-0.2, -0.15) is 0 Å². The lowest BCUT2D eigenvalue weighted by Gasteiger charge is -2.15. The van der Waals surface area contributed by atoms with Crippen molar-refractivity contribution in [2.75, 3.05) is 5.32 Å². The highest BCUT2D eigenvalue weighted by Crippen LogP contribution is 2.19. The Kier molecular flexibility index (Phi) is 4.90. The van der Waals surface area contributed by atoms with Crippen molar-refractivity contribution in [2.45, 2.75) is 13.0 Å². The third-order valence-electron chi connectivity index (χ3n) is 2.68. The van der Waals surface area contributed by atoms with E-state index < -0.39 is 23.6 Å². The van der Waals surface area contributed by atoms with E-state index in [4.69, 9.17) is 4.74 Å². The fourth-order valence-corrected chi connectivity index (χ4v) is 1.86. The van der Waals surface area contributed by atoms with E-state index in [1.807, 2.05) is 0 Å². The molecule has 0 spiro atoms. The summed E-state index contributed by atoms with van der Waals surface area (Å²) in [6.45, 7) is 1.54. The van der Waals surface area contributed by atoms with Gasteiger partial charge in [-0.15, -0.1) is 0 Å². The number of benzene rings is 2. The first-order chi connectivity index (χ1) is 9.95. The fraction of sp³-hybridized carbons (Fsp3) is 0.133. The lowest BCUT2D eigenvalue weighted by molar-refractivity contribution is -0.122. The standard InChI is InChI=1S/C15H12BrF2NO2/c1-9(21-12-5-2-10(16)3-6-12)15(20)19-14-7-4-11(17)8-13(14)18/h2-9H,1H3,(H,19,20)/t9-/m1/s1. The zero-order valence-corrected chi connectivity index (χ0v) is 12.7. The first-order valence-electron chi connectivity index (χ1n) is 6.14. The molecule has 0 radical (unpaired) electrons. The monoisotopic (exact) mass is 355 g/mol. The van der Waals surface area contributed by atoms with E-state index in [0.29, 0.717) is 11.8 Å². The second-order valence-electron chi connectivity index (χ2n) is 4.33. The van der Waals surface area contributed by atoms with E-state index >= 15 is 0 Å². The van der Waals surface area contributed by atoms with Gasteiger partial charge in [-0.1, -0.05) is 15.9 Å². The molecule has 0 aliphatic carbocycles. The van der Waals surface area contributed by atoms with Gasteiger partial charge in [0.2, 0.25) is 0 Å². The third-order valence-corrected chi connectivity index (χ3v) is 3.21. The number of ether oxygens (including phenoxy) is 1. The predicted octanol–water partition coefficient (Wildman–Crippen LogP) is 4.13. The van der Waals surface area contributed by atoms with Crippen LogP contribution in [-0.2, 0) is 4.79 Å². The van der Waals surface area contributed by atoms with Gasteiger partial charge in [0.05, 0.1) is 5.69 Å². The van der Waals surface area contributed by atoms with Gasteiger partial charge in [0.15, 0.2) is 6.10 Å². The number of rotatable bonds is 4. The smallest absolute Gasteiger partial charge is 0.265 e. The Balaban J connectivity index is 2.00. The molecule has 0 saturated carbocycles. The van der Waals surface area contributed by atoms with Crippen LogP contribution < -0.4 is 10.1 Å². The quantitative estimate of drug-likeness (QED) is 0.895. The Bertz CT molecular complexity index is 647. The van der Waals surface area contributed by atoms with Crippen molar-refractivity contribution in [1.82, 2.24) is 0 Å². The van der Waals surface area contributed by atoms with Gasteiger partial charge < -0.3 is 10.1 Å². The SMILES string of the molecule is C[C@@H](Oc1ccc(Br)cc1)C(=O)Nc1ccc(F)cc1F. The maximum atomic E-state index is 13.4. The molecule has 6 heteroatoms. The van der Waals surface area contributed by atoms with Crippen LogP contribution in [0.4, 0.5) is 14.5 Å². The van der Waals surface area contributed by atoms with Gasteiger partial charge in [-0.3, -0.25) is 4.79 Å². The molecule has 0 aromatic heterocycles. The van der Waals surface area contributed by atoms with Crippen LogP contribution in [-0.4, -0.2) is 12.0 Å². The fourth-order valence-electron chi connectivity index (χ4n) is 1.60. The number of nitrogens with one attached hydrogen (secondary N) is 1. The predicted molar refractivity (Wildman–Crippen MR) is 79.2 cm³/mol. The highest BCUT2D eigenvalue weighted by Gasteiger charge is 2.16. The molecule has 1 N–H and O–H groups in total. The molecule has 110 valence electrons. The highest BCUT2D eigenvalue weighted by molar-refractivity contribution is 9.10. The summed E-state index contributed by atoms with van der Waals surface area (Å²) in [7, 11) is 0. The molecule has 2 aromatic rings. The molecule has 1 atom stereocenters.